The number of hydrogen-bond acceptors (Lipinski definition) is 7. The maximum Gasteiger partial charge on any atom is 0.358 e. The zero-order valence-corrected chi connectivity index (χ0v) is 28.4. The fourth-order valence-electron chi connectivity index (χ4n) is 7.18. The molecule has 0 fully saturated rings. The minimum atomic E-state index is -1.16. The van der Waals surface area contributed by atoms with Gasteiger partial charge < -0.3 is 14.7 Å². The van der Waals surface area contributed by atoms with Crippen molar-refractivity contribution in [2.75, 3.05) is 34.8 Å². The first-order chi connectivity index (χ1) is 23.1. The van der Waals surface area contributed by atoms with Gasteiger partial charge in [0.05, 0.1) is 22.5 Å². The van der Waals surface area contributed by atoms with E-state index >= 15 is 0 Å². The highest BCUT2D eigenvalue weighted by Gasteiger charge is 2.36. The number of aromatic carboxylic acids is 1. The fourth-order valence-corrected chi connectivity index (χ4v) is 8.03. The summed E-state index contributed by atoms with van der Waals surface area (Å²) in [5.41, 5.74) is 7.42. The van der Waals surface area contributed by atoms with Gasteiger partial charge in [-0.15, -0.1) is 0 Å². The van der Waals surface area contributed by atoms with Crippen molar-refractivity contribution in [1.82, 2.24) is 9.97 Å². The minimum absolute atomic E-state index is 0.0765. The normalized spacial score (nSPS) is 16.7. The molecule has 3 aromatic carbocycles. The number of aryl methyl sites for hydroxylation is 2. The van der Waals surface area contributed by atoms with Crippen molar-refractivity contribution in [2.45, 2.75) is 58.4 Å². The number of carbonyl (C=O) groups is 2. The van der Waals surface area contributed by atoms with E-state index < -0.39 is 5.97 Å². The largest absolute Gasteiger partial charge is 0.489 e. The van der Waals surface area contributed by atoms with Crippen LogP contribution in [0.1, 0.15) is 66.7 Å². The second kappa shape index (κ2) is 12.6. The van der Waals surface area contributed by atoms with Crippen LogP contribution in [0.5, 0.6) is 5.75 Å². The van der Waals surface area contributed by atoms with Crippen LogP contribution in [0, 0.1) is 6.92 Å². The van der Waals surface area contributed by atoms with E-state index in [9.17, 15) is 14.7 Å². The van der Waals surface area contributed by atoms with E-state index in [2.05, 4.69) is 66.1 Å². The number of amides is 2. The van der Waals surface area contributed by atoms with E-state index in [-0.39, 0.29) is 23.0 Å². The summed E-state index contributed by atoms with van der Waals surface area (Å²) in [6.07, 6.45) is 2.70. The average Bonchev–Trinajstić information content (AvgIpc) is 3.47. The molecule has 5 aromatic rings. The molecule has 0 saturated heterocycles. The number of carboxylic acid groups (broad SMARTS) is 1. The van der Waals surface area contributed by atoms with Crippen molar-refractivity contribution >= 4 is 50.1 Å². The number of fused-ring (bicyclic) bond motifs is 3. The molecule has 2 N–H and O–H groups in total. The van der Waals surface area contributed by atoms with Crippen molar-refractivity contribution in [3.05, 3.63) is 95.2 Å². The Morgan fingerprint density at radius 3 is 2.69 bits per heavy atom. The number of nitrogens with one attached hydrogen (secondary N) is 1. The highest BCUT2D eigenvalue weighted by molar-refractivity contribution is 7.22. The van der Waals surface area contributed by atoms with E-state index in [4.69, 9.17) is 4.74 Å². The Labute approximate surface area is 284 Å². The number of aromatic nitrogens is 2. The van der Waals surface area contributed by atoms with Crippen molar-refractivity contribution in [1.29, 1.82) is 0 Å². The van der Waals surface area contributed by atoms with Gasteiger partial charge in [-0.25, -0.2) is 19.6 Å². The molecule has 246 valence electrons. The molecular weight excluding hydrogens is 623 g/mol. The minimum Gasteiger partial charge on any atom is -0.489 e. The number of ether oxygens (including phenoxy) is 1. The Morgan fingerprint density at radius 2 is 1.88 bits per heavy atom. The Balaban J connectivity index is 1.10. The SMILES string of the molecule is Cc1ccc2c(c1)N(CCOc1ccc(-c3ccc4c(c3)N(C(=O)Nc3nc5ccccc5s3)CCC4)nc1C(=O)O)C(C)(C)CC2C. The number of para-hydroxylation sites is 1. The van der Waals surface area contributed by atoms with Crippen LogP contribution in [0.3, 0.4) is 0 Å². The molecule has 2 aliphatic rings. The van der Waals surface area contributed by atoms with Crippen LogP contribution in [-0.2, 0) is 6.42 Å². The van der Waals surface area contributed by atoms with E-state index in [1.165, 1.54) is 28.2 Å². The van der Waals surface area contributed by atoms with Gasteiger partial charge in [-0.05, 0) is 99.0 Å². The quantitative estimate of drug-likeness (QED) is 0.180. The van der Waals surface area contributed by atoms with Gasteiger partial charge in [0, 0.05) is 29.0 Å². The van der Waals surface area contributed by atoms with Crippen LogP contribution < -0.4 is 19.9 Å². The fraction of sp³-hybridized carbons (Fsp3) is 0.316. The number of carboxylic acids is 1. The van der Waals surface area contributed by atoms with Crippen molar-refractivity contribution < 1.29 is 19.4 Å². The monoisotopic (exact) mass is 661 g/mol. The van der Waals surface area contributed by atoms with Gasteiger partial charge in [0.25, 0.3) is 0 Å². The summed E-state index contributed by atoms with van der Waals surface area (Å²) in [4.78, 5) is 39.1. The van der Waals surface area contributed by atoms with Gasteiger partial charge in [0.1, 0.15) is 6.61 Å². The third-order valence-electron chi connectivity index (χ3n) is 9.43. The lowest BCUT2D eigenvalue weighted by Crippen LogP contribution is -2.50. The molecule has 4 heterocycles. The van der Waals surface area contributed by atoms with E-state index in [0.29, 0.717) is 36.4 Å². The molecule has 7 rings (SSSR count). The molecule has 48 heavy (non-hydrogen) atoms. The number of hydrogen-bond donors (Lipinski definition) is 2. The van der Waals surface area contributed by atoms with E-state index in [0.717, 1.165) is 46.3 Å². The molecule has 0 bridgehead atoms. The molecule has 2 amide bonds. The number of benzene rings is 3. The molecule has 10 heteroatoms. The summed E-state index contributed by atoms with van der Waals surface area (Å²) in [5.74, 6) is -0.477. The van der Waals surface area contributed by atoms with Gasteiger partial charge in [-0.2, -0.15) is 0 Å². The number of pyridine rings is 1. The molecule has 0 radical (unpaired) electrons. The maximum absolute atomic E-state index is 13.5. The number of thiazole rings is 1. The predicted molar refractivity (Wildman–Crippen MR) is 192 cm³/mol. The number of anilines is 3. The first-order valence-corrected chi connectivity index (χ1v) is 17.2. The van der Waals surface area contributed by atoms with Crippen LogP contribution in [-0.4, -0.2) is 52.3 Å². The highest BCUT2D eigenvalue weighted by Crippen LogP contribution is 2.43. The Bertz CT molecular complexity index is 2010. The zero-order valence-electron chi connectivity index (χ0n) is 27.6. The Morgan fingerprint density at radius 1 is 1.04 bits per heavy atom. The van der Waals surface area contributed by atoms with Crippen molar-refractivity contribution in [2.24, 2.45) is 0 Å². The molecule has 0 spiro atoms. The Hall–Kier alpha value is -4.96. The standard InChI is InChI=1S/C38H39N5O4S/c1-23-11-14-27-24(2)22-38(3,4)43(31(27)20-23)18-19-47-32-16-15-28(39-34(32)35(44)45)26-13-12-25-8-7-17-42(30(25)21-26)37(46)41-36-40-29-9-5-6-10-33(29)48-36/h5-6,9-16,20-21,24H,7-8,17-19,22H2,1-4H3,(H,44,45)(H,40,41,46). The lowest BCUT2D eigenvalue weighted by atomic mass is 9.80. The molecular formula is C38H39N5O4S. The third-order valence-corrected chi connectivity index (χ3v) is 10.4. The summed E-state index contributed by atoms with van der Waals surface area (Å²) >= 11 is 1.44. The zero-order chi connectivity index (χ0) is 33.6. The number of nitrogens with zero attached hydrogens (tertiary/aromatic N) is 4. The Kier molecular flexibility index (Phi) is 8.29. The van der Waals surface area contributed by atoms with Gasteiger partial charge in [-0.3, -0.25) is 10.2 Å². The topological polar surface area (TPSA) is 108 Å². The second-order valence-electron chi connectivity index (χ2n) is 13.3. The summed E-state index contributed by atoms with van der Waals surface area (Å²) in [6.45, 7) is 10.4. The molecule has 1 unspecified atom stereocenters. The smallest absolute Gasteiger partial charge is 0.358 e. The van der Waals surface area contributed by atoms with Gasteiger partial charge >= 0.3 is 12.0 Å². The van der Waals surface area contributed by atoms with Gasteiger partial charge in [-0.1, -0.05) is 54.7 Å². The van der Waals surface area contributed by atoms with Crippen LogP contribution in [0.2, 0.25) is 0 Å². The average molecular weight is 662 g/mol. The lowest BCUT2D eigenvalue weighted by Gasteiger charge is -2.47. The molecule has 2 aliphatic heterocycles. The van der Waals surface area contributed by atoms with E-state index in [1.54, 1.807) is 17.0 Å². The van der Waals surface area contributed by atoms with Crippen molar-refractivity contribution in [3.8, 4) is 17.0 Å². The number of rotatable bonds is 7. The van der Waals surface area contributed by atoms with Crippen LogP contribution >= 0.6 is 11.3 Å². The molecule has 1 atom stereocenters. The molecule has 2 aromatic heterocycles. The predicted octanol–water partition coefficient (Wildman–Crippen LogP) is 8.52. The van der Waals surface area contributed by atoms with Gasteiger partial charge in [0.15, 0.2) is 16.6 Å². The first kappa shape index (κ1) is 31.6. The summed E-state index contributed by atoms with van der Waals surface area (Å²) in [5, 5.41) is 13.7. The number of carbonyl (C=O) groups excluding carboxylic acids is 1. The lowest BCUT2D eigenvalue weighted by molar-refractivity contribution is 0.0685. The van der Waals surface area contributed by atoms with E-state index in [1.807, 2.05) is 42.5 Å². The maximum atomic E-state index is 13.5. The summed E-state index contributed by atoms with van der Waals surface area (Å²) in [6, 6.07) is 23.5. The van der Waals surface area contributed by atoms with Crippen molar-refractivity contribution in [3.63, 3.8) is 0 Å². The summed E-state index contributed by atoms with van der Waals surface area (Å²) in [7, 11) is 0. The van der Waals surface area contributed by atoms with Crippen LogP contribution in [0.15, 0.2) is 72.8 Å². The van der Waals surface area contributed by atoms with Crippen LogP contribution in [0.25, 0.3) is 21.5 Å². The van der Waals surface area contributed by atoms with Gasteiger partial charge in [0.2, 0.25) is 0 Å². The highest BCUT2D eigenvalue weighted by atomic mass is 32.1. The molecule has 0 saturated carbocycles. The number of urea groups is 1. The molecule has 0 aliphatic carbocycles. The van der Waals surface area contributed by atoms with Crippen LogP contribution in [0.4, 0.5) is 21.3 Å². The second-order valence-corrected chi connectivity index (χ2v) is 14.4. The summed E-state index contributed by atoms with van der Waals surface area (Å²) < 4.78 is 7.13. The first-order valence-electron chi connectivity index (χ1n) is 16.4. The third kappa shape index (κ3) is 6.08. The molecule has 9 nitrogen and oxygen atoms in total.